The van der Waals surface area contributed by atoms with Crippen LogP contribution in [0.4, 0.5) is 5.95 Å². The van der Waals surface area contributed by atoms with Gasteiger partial charge >= 0.3 is 0 Å². The zero-order valence-electron chi connectivity index (χ0n) is 38.2. The standard InChI is InChI=1S/C51H55N13O4/c1-62-26-38(24-58-62)45(66)61-48(53)51(41-13-6-31(7-14-41)34-10-15-43(55-21-34)33-4-5-33)19-36(20-51)35-18-42(30-68-29-35)63(2)44(65)28-64-27-39(25-59-64)46(67)60-47(52)50(16-3-17-50)40-11-8-32(9-12-40)37-22-56-49(54)57-23-37/h6-15,21-27,33,35-36,42H,3-5,16-20,28-30H2,1-2H3,(H2,52,60,67)(H2,53,61,66)(H2,54,56,57). The summed E-state index contributed by atoms with van der Waals surface area (Å²) in [6, 6.07) is 20.4. The number of likely N-dealkylation sites (N-methyl/N-ethyl adjacent to an activating group) is 1. The van der Waals surface area contributed by atoms with E-state index in [-0.39, 0.29) is 53.5 Å². The van der Waals surface area contributed by atoms with Crippen LogP contribution in [0.2, 0.25) is 0 Å². The van der Waals surface area contributed by atoms with Crippen molar-refractivity contribution >= 4 is 35.3 Å². The molecule has 2 unspecified atom stereocenters. The molecule has 4 aromatic heterocycles. The first-order chi connectivity index (χ1) is 32.9. The molecule has 1 saturated heterocycles. The number of amidine groups is 2. The summed E-state index contributed by atoms with van der Waals surface area (Å²) in [6.07, 6.45) is 18.4. The van der Waals surface area contributed by atoms with E-state index in [0.29, 0.717) is 37.5 Å². The van der Waals surface area contributed by atoms with E-state index in [1.807, 2.05) is 30.5 Å². The Morgan fingerprint density at radius 2 is 1.31 bits per heavy atom. The number of hydrogen-bond acceptors (Lipinski definition) is 10. The molecule has 3 aliphatic carbocycles. The maximum atomic E-state index is 13.8. The lowest BCUT2D eigenvalue weighted by atomic mass is 9.54. The monoisotopic (exact) mass is 913 g/mol. The smallest absolute Gasteiger partial charge is 0.281 e. The van der Waals surface area contributed by atoms with Crippen molar-refractivity contribution in [2.24, 2.45) is 40.3 Å². The van der Waals surface area contributed by atoms with Crippen molar-refractivity contribution in [2.75, 3.05) is 26.0 Å². The van der Waals surface area contributed by atoms with Gasteiger partial charge in [-0.15, -0.1) is 0 Å². The van der Waals surface area contributed by atoms with Crippen LogP contribution in [0, 0.1) is 11.8 Å². The van der Waals surface area contributed by atoms with Gasteiger partial charge in [0.2, 0.25) is 11.9 Å². The van der Waals surface area contributed by atoms with Gasteiger partial charge in [-0.3, -0.25) is 28.7 Å². The Morgan fingerprint density at radius 3 is 1.90 bits per heavy atom. The van der Waals surface area contributed by atoms with Crippen molar-refractivity contribution in [1.82, 2.24) is 39.4 Å². The fourth-order valence-electron chi connectivity index (χ4n) is 10.2. The highest BCUT2D eigenvalue weighted by Gasteiger charge is 2.52. The summed E-state index contributed by atoms with van der Waals surface area (Å²) in [4.78, 5) is 64.0. The molecule has 5 heterocycles. The summed E-state index contributed by atoms with van der Waals surface area (Å²) in [6.45, 7) is 0.878. The molecule has 0 bridgehead atoms. The SMILES string of the molecule is CN(C(=O)Cn1cc(C(=O)N=C(N)C2(c3ccc(-c4cnc(N)nc4)cc3)CCC2)cn1)C1COCC(C2CC(C(N)=NC(=O)c3cnn(C)c3)(c3ccc(-c4ccc(C5CC5)nc4)cc3)C2)C1. The van der Waals surface area contributed by atoms with Crippen LogP contribution >= 0.6 is 0 Å². The minimum Gasteiger partial charge on any atom is -0.386 e. The third-order valence-corrected chi connectivity index (χ3v) is 14.8. The summed E-state index contributed by atoms with van der Waals surface area (Å²) in [5.74, 6) is 0.553. The van der Waals surface area contributed by atoms with Crippen LogP contribution in [0.5, 0.6) is 0 Å². The number of nitrogen functional groups attached to an aromatic ring is 1. The number of aliphatic imine (C=N–C) groups is 2. The maximum Gasteiger partial charge on any atom is 0.281 e. The number of nitrogens with zero attached hydrogens (tertiary/aromatic N) is 10. The number of amides is 3. The molecule has 0 radical (unpaired) electrons. The predicted molar refractivity (Wildman–Crippen MR) is 256 cm³/mol. The number of rotatable bonds is 13. The van der Waals surface area contributed by atoms with E-state index >= 15 is 0 Å². The van der Waals surface area contributed by atoms with Crippen molar-refractivity contribution < 1.29 is 19.1 Å². The molecular weight excluding hydrogens is 859 g/mol. The van der Waals surface area contributed by atoms with E-state index in [2.05, 4.69) is 66.5 Å². The highest BCUT2D eigenvalue weighted by atomic mass is 16.5. The predicted octanol–water partition coefficient (Wildman–Crippen LogP) is 5.62. The Hall–Kier alpha value is -7.40. The van der Waals surface area contributed by atoms with Crippen molar-refractivity contribution in [3.63, 3.8) is 0 Å². The highest BCUT2D eigenvalue weighted by molar-refractivity contribution is 6.07. The van der Waals surface area contributed by atoms with Gasteiger partial charge in [0, 0.05) is 74.4 Å². The summed E-state index contributed by atoms with van der Waals surface area (Å²) in [5, 5.41) is 8.49. The molecule has 1 aliphatic heterocycles. The molecular formula is C51H55N13O4. The van der Waals surface area contributed by atoms with Gasteiger partial charge < -0.3 is 26.8 Å². The number of nitrogens with two attached hydrogens (primary N) is 3. The second-order valence-corrected chi connectivity index (χ2v) is 19.0. The van der Waals surface area contributed by atoms with E-state index in [4.69, 9.17) is 26.9 Å². The quantitative estimate of drug-likeness (QED) is 0.0945. The second-order valence-electron chi connectivity index (χ2n) is 19.0. The summed E-state index contributed by atoms with van der Waals surface area (Å²) < 4.78 is 9.19. The molecule has 17 nitrogen and oxygen atoms in total. The molecule has 10 rings (SSSR count). The normalized spacial score (nSPS) is 22.5. The van der Waals surface area contributed by atoms with Gasteiger partial charge in [0.1, 0.15) is 18.2 Å². The van der Waals surface area contributed by atoms with E-state index < -0.39 is 22.6 Å². The van der Waals surface area contributed by atoms with Crippen LogP contribution in [0.15, 0.2) is 114 Å². The first-order valence-corrected chi connectivity index (χ1v) is 23.3. The molecule has 2 atom stereocenters. The molecule has 6 aromatic rings. The van der Waals surface area contributed by atoms with Gasteiger partial charge in [0.15, 0.2) is 0 Å². The topological polar surface area (TPSA) is 241 Å². The Morgan fingerprint density at radius 1 is 0.721 bits per heavy atom. The number of pyridine rings is 1. The zero-order chi connectivity index (χ0) is 47.2. The lowest BCUT2D eigenvalue weighted by molar-refractivity contribution is -0.137. The van der Waals surface area contributed by atoms with Gasteiger partial charge in [0.05, 0.1) is 47.0 Å². The van der Waals surface area contributed by atoms with Gasteiger partial charge in [-0.2, -0.15) is 20.2 Å². The maximum absolute atomic E-state index is 13.8. The minimum atomic E-state index is -0.660. The fourth-order valence-corrected chi connectivity index (χ4v) is 10.2. The van der Waals surface area contributed by atoms with Crippen molar-refractivity contribution in [3.8, 4) is 22.3 Å². The zero-order valence-corrected chi connectivity index (χ0v) is 38.2. The Labute approximate surface area is 393 Å². The number of aryl methyl sites for hydroxylation is 1. The largest absolute Gasteiger partial charge is 0.386 e. The van der Waals surface area contributed by atoms with Crippen molar-refractivity contribution in [3.05, 3.63) is 132 Å². The molecule has 2 aromatic carbocycles. The summed E-state index contributed by atoms with van der Waals surface area (Å²) in [5.41, 5.74) is 25.5. The van der Waals surface area contributed by atoms with Crippen molar-refractivity contribution in [1.29, 1.82) is 0 Å². The van der Waals surface area contributed by atoms with Crippen LogP contribution in [0.1, 0.15) is 94.8 Å². The second kappa shape index (κ2) is 18.0. The third-order valence-electron chi connectivity index (χ3n) is 14.8. The molecule has 348 valence electrons. The summed E-state index contributed by atoms with van der Waals surface area (Å²) in [7, 11) is 3.53. The van der Waals surface area contributed by atoms with Gasteiger partial charge in [0.25, 0.3) is 11.8 Å². The number of hydrogen-bond donors (Lipinski definition) is 3. The first kappa shape index (κ1) is 44.4. The van der Waals surface area contributed by atoms with Crippen LogP contribution in [0.3, 0.4) is 0 Å². The average molecular weight is 914 g/mol. The molecule has 4 fully saturated rings. The summed E-state index contributed by atoms with van der Waals surface area (Å²) >= 11 is 0. The van der Waals surface area contributed by atoms with Crippen LogP contribution in [-0.2, 0) is 34.0 Å². The first-order valence-electron chi connectivity index (χ1n) is 23.3. The number of carbonyl (C=O) groups is 3. The molecule has 17 heteroatoms. The minimum absolute atomic E-state index is 0.0688. The van der Waals surface area contributed by atoms with Crippen LogP contribution in [-0.4, -0.2) is 95.1 Å². The van der Waals surface area contributed by atoms with E-state index in [9.17, 15) is 14.4 Å². The molecule has 4 aliphatic rings. The van der Waals surface area contributed by atoms with E-state index in [1.165, 1.54) is 36.1 Å². The lowest BCUT2D eigenvalue weighted by Crippen LogP contribution is -2.56. The van der Waals surface area contributed by atoms with Gasteiger partial charge in [-0.25, -0.2) is 9.97 Å². The van der Waals surface area contributed by atoms with Crippen molar-refractivity contribution in [2.45, 2.75) is 80.7 Å². The highest BCUT2D eigenvalue weighted by Crippen LogP contribution is 2.53. The molecule has 3 saturated carbocycles. The number of benzene rings is 2. The fraction of sp³-hybridized carbons (Fsp3) is 0.373. The average Bonchev–Trinajstić information content (AvgIpc) is 3.91. The molecule has 68 heavy (non-hydrogen) atoms. The van der Waals surface area contributed by atoms with E-state index in [1.54, 1.807) is 42.3 Å². The number of carbonyl (C=O) groups excluding carboxylic acids is 3. The third kappa shape index (κ3) is 8.69. The van der Waals surface area contributed by atoms with Gasteiger partial charge in [-0.05, 0) is 85.1 Å². The van der Waals surface area contributed by atoms with Gasteiger partial charge in [-0.1, -0.05) is 61.0 Å². The number of anilines is 1. The molecule has 0 spiro atoms. The molecule has 6 N–H and O–H groups in total. The Kier molecular flexibility index (Phi) is 11.8. The molecule has 3 amide bonds. The lowest BCUT2D eigenvalue weighted by Gasteiger charge is -2.52. The van der Waals surface area contributed by atoms with Crippen LogP contribution in [0.25, 0.3) is 22.3 Å². The van der Waals surface area contributed by atoms with E-state index in [0.717, 1.165) is 64.8 Å². The Balaban J connectivity index is 0.782. The number of ether oxygens (including phenoxy) is 1. The van der Waals surface area contributed by atoms with Crippen LogP contribution < -0.4 is 17.2 Å². The Bertz CT molecular complexity index is 2890. The number of aromatic nitrogens is 7.